The molecule has 18 heavy (non-hydrogen) atoms. The van der Waals surface area contributed by atoms with Gasteiger partial charge in [0.05, 0.1) is 23.8 Å². The molecule has 0 saturated heterocycles. The third-order valence-electron chi connectivity index (χ3n) is 2.53. The van der Waals surface area contributed by atoms with Crippen LogP contribution in [0.15, 0.2) is 24.3 Å². The van der Waals surface area contributed by atoms with E-state index in [1.165, 1.54) is 7.11 Å². The standard InChI is InChI=1S/C13H16ClNO3/c1-13(2,8-14)12(17)15-10-7-5-4-6-9(10)11(16)18-3/h4-7H,8H2,1-3H3,(H,15,17). The Morgan fingerprint density at radius 2 is 1.94 bits per heavy atom. The molecule has 0 aliphatic rings. The highest BCUT2D eigenvalue weighted by Gasteiger charge is 2.27. The van der Waals surface area contributed by atoms with Crippen molar-refractivity contribution in [1.82, 2.24) is 0 Å². The Bertz CT molecular complexity index is 457. The average molecular weight is 270 g/mol. The molecule has 0 spiro atoms. The summed E-state index contributed by atoms with van der Waals surface area (Å²) in [5.41, 5.74) is 0.0383. The molecular formula is C13H16ClNO3. The van der Waals surface area contributed by atoms with Crippen LogP contribution in [0.4, 0.5) is 5.69 Å². The number of esters is 1. The van der Waals surface area contributed by atoms with Gasteiger partial charge in [0.2, 0.25) is 5.91 Å². The molecule has 0 bridgehead atoms. The first-order chi connectivity index (χ1) is 8.42. The van der Waals surface area contributed by atoms with Gasteiger partial charge in [-0.15, -0.1) is 11.6 Å². The Hall–Kier alpha value is -1.55. The molecule has 0 aliphatic heterocycles. The number of amides is 1. The summed E-state index contributed by atoms with van der Waals surface area (Å²) in [5, 5.41) is 2.69. The van der Waals surface area contributed by atoms with E-state index in [1.54, 1.807) is 38.1 Å². The molecule has 1 aromatic carbocycles. The SMILES string of the molecule is COC(=O)c1ccccc1NC(=O)C(C)(C)CCl. The zero-order valence-corrected chi connectivity index (χ0v) is 11.4. The molecule has 0 heterocycles. The summed E-state index contributed by atoms with van der Waals surface area (Å²) < 4.78 is 4.65. The average Bonchev–Trinajstić information content (AvgIpc) is 2.38. The van der Waals surface area contributed by atoms with Crippen LogP contribution in [0.5, 0.6) is 0 Å². The van der Waals surface area contributed by atoms with Gasteiger partial charge >= 0.3 is 5.97 Å². The van der Waals surface area contributed by atoms with Gasteiger partial charge in [-0.05, 0) is 26.0 Å². The third kappa shape index (κ3) is 3.23. The number of alkyl halides is 1. The van der Waals surface area contributed by atoms with Gasteiger partial charge in [-0.25, -0.2) is 4.79 Å². The van der Waals surface area contributed by atoms with E-state index in [2.05, 4.69) is 10.1 Å². The summed E-state index contributed by atoms with van der Waals surface area (Å²) in [7, 11) is 1.30. The molecule has 0 atom stereocenters. The number of hydrogen-bond acceptors (Lipinski definition) is 3. The second kappa shape index (κ2) is 5.87. The number of benzene rings is 1. The fraction of sp³-hybridized carbons (Fsp3) is 0.385. The molecule has 0 unspecified atom stereocenters. The maximum Gasteiger partial charge on any atom is 0.339 e. The molecule has 1 N–H and O–H groups in total. The maximum absolute atomic E-state index is 12.0. The van der Waals surface area contributed by atoms with Crippen molar-refractivity contribution >= 4 is 29.2 Å². The summed E-state index contributed by atoms with van der Waals surface area (Å²) in [6, 6.07) is 6.67. The molecule has 0 radical (unpaired) electrons. The Kier molecular flexibility index (Phi) is 4.73. The summed E-state index contributed by atoms with van der Waals surface area (Å²) in [6.45, 7) is 3.46. The first-order valence-electron chi connectivity index (χ1n) is 5.47. The minimum absolute atomic E-state index is 0.194. The molecule has 0 aromatic heterocycles. The van der Waals surface area contributed by atoms with Gasteiger partial charge in [0, 0.05) is 5.88 Å². The van der Waals surface area contributed by atoms with E-state index in [1.807, 2.05) is 0 Å². The lowest BCUT2D eigenvalue weighted by atomic mass is 9.95. The third-order valence-corrected chi connectivity index (χ3v) is 3.20. The van der Waals surface area contributed by atoms with Crippen LogP contribution in [-0.4, -0.2) is 24.9 Å². The van der Waals surface area contributed by atoms with Crippen LogP contribution in [0.1, 0.15) is 24.2 Å². The normalized spacial score (nSPS) is 10.9. The Morgan fingerprint density at radius 3 is 2.50 bits per heavy atom. The summed E-state index contributed by atoms with van der Waals surface area (Å²) in [4.78, 5) is 23.5. The summed E-state index contributed by atoms with van der Waals surface area (Å²) in [5.74, 6) is -0.539. The predicted octanol–water partition coefficient (Wildman–Crippen LogP) is 2.68. The molecule has 1 aromatic rings. The number of nitrogens with one attached hydrogen (secondary N) is 1. The number of ether oxygens (including phenoxy) is 1. The van der Waals surface area contributed by atoms with E-state index in [4.69, 9.17) is 11.6 Å². The van der Waals surface area contributed by atoms with Gasteiger partial charge in [0.1, 0.15) is 0 Å². The molecular weight excluding hydrogens is 254 g/mol. The fourth-order valence-electron chi connectivity index (χ4n) is 1.23. The molecule has 0 fully saturated rings. The van der Waals surface area contributed by atoms with Crippen molar-refractivity contribution in [2.75, 3.05) is 18.3 Å². The number of para-hydroxylation sites is 1. The lowest BCUT2D eigenvalue weighted by Gasteiger charge is -2.21. The fourth-order valence-corrected chi connectivity index (χ4v) is 1.35. The van der Waals surface area contributed by atoms with E-state index in [-0.39, 0.29) is 11.8 Å². The zero-order valence-electron chi connectivity index (χ0n) is 10.6. The van der Waals surface area contributed by atoms with Crippen LogP contribution < -0.4 is 5.32 Å². The Balaban J connectivity index is 2.98. The largest absolute Gasteiger partial charge is 0.465 e. The molecule has 1 amide bonds. The lowest BCUT2D eigenvalue weighted by Crippen LogP contribution is -2.32. The van der Waals surface area contributed by atoms with Crippen LogP contribution in [0.25, 0.3) is 0 Å². The molecule has 1 rings (SSSR count). The monoisotopic (exact) mass is 269 g/mol. The van der Waals surface area contributed by atoms with Gasteiger partial charge in [-0.2, -0.15) is 0 Å². The first-order valence-corrected chi connectivity index (χ1v) is 6.00. The van der Waals surface area contributed by atoms with Gasteiger partial charge < -0.3 is 10.1 Å². The lowest BCUT2D eigenvalue weighted by molar-refractivity contribution is -0.122. The summed E-state index contributed by atoms with van der Waals surface area (Å²) in [6.07, 6.45) is 0. The van der Waals surface area contributed by atoms with Crippen molar-refractivity contribution in [1.29, 1.82) is 0 Å². The molecule has 0 saturated carbocycles. The van der Waals surface area contributed by atoms with Crippen molar-refractivity contribution in [2.45, 2.75) is 13.8 Å². The zero-order chi connectivity index (χ0) is 13.8. The number of methoxy groups -OCH3 is 1. The number of carbonyl (C=O) groups excluding carboxylic acids is 2. The van der Waals surface area contributed by atoms with Crippen molar-refractivity contribution in [2.24, 2.45) is 5.41 Å². The highest BCUT2D eigenvalue weighted by atomic mass is 35.5. The number of hydrogen-bond donors (Lipinski definition) is 1. The van der Waals surface area contributed by atoms with Gasteiger partial charge in [0.15, 0.2) is 0 Å². The van der Waals surface area contributed by atoms with Crippen molar-refractivity contribution in [3.8, 4) is 0 Å². The number of anilines is 1. The van der Waals surface area contributed by atoms with Crippen LogP contribution in [-0.2, 0) is 9.53 Å². The van der Waals surface area contributed by atoms with Gasteiger partial charge in [-0.1, -0.05) is 12.1 Å². The number of halogens is 1. The van der Waals surface area contributed by atoms with Crippen molar-refractivity contribution in [3.05, 3.63) is 29.8 Å². The van der Waals surface area contributed by atoms with E-state index < -0.39 is 11.4 Å². The molecule has 5 heteroatoms. The highest BCUT2D eigenvalue weighted by Crippen LogP contribution is 2.22. The van der Waals surface area contributed by atoms with Crippen LogP contribution >= 0.6 is 11.6 Å². The number of rotatable bonds is 4. The first kappa shape index (κ1) is 14.5. The second-order valence-electron chi connectivity index (χ2n) is 4.51. The van der Waals surface area contributed by atoms with Gasteiger partial charge in [-0.3, -0.25) is 4.79 Å². The predicted molar refractivity (Wildman–Crippen MR) is 70.9 cm³/mol. The molecule has 98 valence electrons. The van der Waals surface area contributed by atoms with Crippen LogP contribution in [0.3, 0.4) is 0 Å². The van der Waals surface area contributed by atoms with Crippen LogP contribution in [0.2, 0.25) is 0 Å². The topological polar surface area (TPSA) is 55.4 Å². The van der Waals surface area contributed by atoms with E-state index in [0.29, 0.717) is 11.3 Å². The van der Waals surface area contributed by atoms with Crippen molar-refractivity contribution in [3.63, 3.8) is 0 Å². The van der Waals surface area contributed by atoms with E-state index in [9.17, 15) is 9.59 Å². The van der Waals surface area contributed by atoms with E-state index in [0.717, 1.165) is 0 Å². The van der Waals surface area contributed by atoms with E-state index >= 15 is 0 Å². The number of carbonyl (C=O) groups is 2. The minimum Gasteiger partial charge on any atom is -0.465 e. The maximum atomic E-state index is 12.0. The van der Waals surface area contributed by atoms with Crippen molar-refractivity contribution < 1.29 is 14.3 Å². The molecule has 0 aliphatic carbocycles. The van der Waals surface area contributed by atoms with Gasteiger partial charge in [0.25, 0.3) is 0 Å². The minimum atomic E-state index is -0.704. The molecule has 4 nitrogen and oxygen atoms in total. The Morgan fingerprint density at radius 1 is 1.33 bits per heavy atom. The summed E-state index contributed by atoms with van der Waals surface area (Å²) >= 11 is 5.73. The Labute approximate surface area is 111 Å². The van der Waals surface area contributed by atoms with Crippen LogP contribution in [0, 0.1) is 5.41 Å². The highest BCUT2D eigenvalue weighted by molar-refractivity contribution is 6.20. The quantitative estimate of drug-likeness (QED) is 0.675. The second-order valence-corrected chi connectivity index (χ2v) is 4.78. The smallest absolute Gasteiger partial charge is 0.339 e.